The summed E-state index contributed by atoms with van der Waals surface area (Å²) < 4.78 is 13.3. The third kappa shape index (κ3) is 5.38. The molecule has 1 amide bonds. The van der Waals surface area contributed by atoms with E-state index in [9.17, 15) is 9.18 Å². The van der Waals surface area contributed by atoms with Crippen LogP contribution in [-0.2, 0) is 4.79 Å². The van der Waals surface area contributed by atoms with Crippen LogP contribution in [0.3, 0.4) is 0 Å². The Balaban J connectivity index is 1.31. The highest BCUT2D eigenvalue weighted by molar-refractivity contribution is 5.82. The molecular formula is C24H27FN8O. The van der Waals surface area contributed by atoms with Crippen LogP contribution in [0.15, 0.2) is 48.9 Å². The molecule has 3 heterocycles. The van der Waals surface area contributed by atoms with Crippen LogP contribution >= 0.6 is 0 Å². The normalized spacial score (nSPS) is 16.5. The minimum atomic E-state index is -0.279. The molecule has 1 unspecified atom stereocenters. The number of nitrogens with zero attached hydrogens (tertiary/aromatic N) is 5. The van der Waals surface area contributed by atoms with Gasteiger partial charge in [-0.3, -0.25) is 9.78 Å². The molecule has 3 aromatic rings. The number of rotatable bonds is 9. The predicted molar refractivity (Wildman–Crippen MR) is 127 cm³/mol. The van der Waals surface area contributed by atoms with Gasteiger partial charge in [0, 0.05) is 38.1 Å². The third-order valence-electron chi connectivity index (χ3n) is 6.09. The Hall–Kier alpha value is -3.82. The summed E-state index contributed by atoms with van der Waals surface area (Å²) in [4.78, 5) is 32.0. The van der Waals surface area contributed by atoms with Crippen molar-refractivity contribution in [1.29, 1.82) is 0 Å². The van der Waals surface area contributed by atoms with Crippen molar-refractivity contribution in [3.63, 3.8) is 0 Å². The van der Waals surface area contributed by atoms with Gasteiger partial charge in [0.05, 0.1) is 18.2 Å². The lowest BCUT2D eigenvalue weighted by Crippen LogP contribution is -2.54. The molecule has 10 heteroatoms. The van der Waals surface area contributed by atoms with Gasteiger partial charge in [-0.2, -0.15) is 9.97 Å². The highest BCUT2D eigenvalue weighted by Gasteiger charge is 2.34. The van der Waals surface area contributed by atoms with Crippen molar-refractivity contribution >= 4 is 29.3 Å². The number of anilines is 4. The number of hydrogen-bond donors (Lipinski definition) is 3. The zero-order chi connectivity index (χ0) is 23.5. The lowest BCUT2D eigenvalue weighted by atomic mass is 9.99. The Kier molecular flexibility index (Phi) is 6.20. The SMILES string of the molecule is CC(Nc1nc(Nc2cnccn2)cc(N2CC(C(=O)NCC3CC3)C2)n1)c1ccc(F)cc1. The molecule has 2 aliphatic rings. The van der Waals surface area contributed by atoms with Crippen LogP contribution in [0, 0.1) is 17.7 Å². The quantitative estimate of drug-likeness (QED) is 0.445. The number of hydrogen-bond acceptors (Lipinski definition) is 8. The van der Waals surface area contributed by atoms with Crippen molar-refractivity contribution in [2.75, 3.05) is 35.2 Å². The van der Waals surface area contributed by atoms with Gasteiger partial charge in [-0.05, 0) is 43.4 Å². The van der Waals surface area contributed by atoms with Gasteiger partial charge in [-0.15, -0.1) is 0 Å². The third-order valence-corrected chi connectivity index (χ3v) is 6.09. The summed E-state index contributed by atoms with van der Waals surface area (Å²) in [6, 6.07) is 8.02. The number of amides is 1. The zero-order valence-electron chi connectivity index (χ0n) is 18.9. The van der Waals surface area contributed by atoms with Gasteiger partial charge in [0.25, 0.3) is 0 Å². The minimum Gasteiger partial charge on any atom is -0.355 e. The highest BCUT2D eigenvalue weighted by atomic mass is 19.1. The Morgan fingerprint density at radius 3 is 2.65 bits per heavy atom. The fraction of sp³-hybridized carbons (Fsp3) is 0.375. The summed E-state index contributed by atoms with van der Waals surface area (Å²) >= 11 is 0. The molecule has 3 N–H and O–H groups in total. The molecule has 0 radical (unpaired) electrons. The first kappa shape index (κ1) is 22.0. The maximum atomic E-state index is 13.3. The average molecular weight is 463 g/mol. The van der Waals surface area contributed by atoms with E-state index in [1.165, 1.54) is 25.0 Å². The molecule has 0 spiro atoms. The Morgan fingerprint density at radius 1 is 1.15 bits per heavy atom. The summed E-state index contributed by atoms with van der Waals surface area (Å²) in [5.41, 5.74) is 0.912. The Bertz CT molecular complexity index is 1130. The van der Waals surface area contributed by atoms with Crippen LogP contribution in [0.4, 0.5) is 27.8 Å². The van der Waals surface area contributed by atoms with Crippen molar-refractivity contribution < 1.29 is 9.18 Å². The maximum absolute atomic E-state index is 13.3. The number of benzene rings is 1. The first-order chi connectivity index (χ1) is 16.5. The van der Waals surface area contributed by atoms with Crippen LogP contribution < -0.4 is 20.9 Å². The zero-order valence-corrected chi connectivity index (χ0v) is 18.9. The summed E-state index contributed by atoms with van der Waals surface area (Å²) in [6.07, 6.45) is 7.24. The van der Waals surface area contributed by atoms with Crippen LogP contribution in [0.1, 0.15) is 31.4 Å². The number of nitrogens with one attached hydrogen (secondary N) is 3. The molecule has 9 nitrogen and oxygen atoms in total. The van der Waals surface area contributed by atoms with Crippen LogP contribution in [0.2, 0.25) is 0 Å². The molecule has 1 aliphatic heterocycles. The van der Waals surface area contributed by atoms with E-state index >= 15 is 0 Å². The van der Waals surface area contributed by atoms with Gasteiger partial charge in [-0.1, -0.05) is 12.1 Å². The smallest absolute Gasteiger partial charge is 0.227 e. The molecule has 2 fully saturated rings. The average Bonchev–Trinajstić information content (AvgIpc) is 3.62. The summed E-state index contributed by atoms with van der Waals surface area (Å²) in [7, 11) is 0. The lowest BCUT2D eigenvalue weighted by Gasteiger charge is -2.39. The first-order valence-electron chi connectivity index (χ1n) is 11.5. The van der Waals surface area contributed by atoms with Crippen molar-refractivity contribution in [3.05, 3.63) is 60.3 Å². The standard InChI is InChI=1S/C24H27FN8O/c1-15(17-4-6-19(25)7-5-17)29-24-31-20(30-21-12-26-8-9-27-21)10-22(32-24)33-13-18(14-33)23(34)28-11-16-2-3-16/h4-10,12,15-16,18H,2-3,11,13-14H2,1H3,(H,28,34)(H2,27,29,30,31,32). The van der Waals surface area contributed by atoms with E-state index in [2.05, 4.69) is 40.8 Å². The van der Waals surface area contributed by atoms with E-state index in [0.717, 1.165) is 12.1 Å². The van der Waals surface area contributed by atoms with E-state index in [1.807, 2.05) is 13.0 Å². The van der Waals surface area contributed by atoms with Crippen molar-refractivity contribution in [2.24, 2.45) is 11.8 Å². The van der Waals surface area contributed by atoms with Crippen molar-refractivity contribution in [1.82, 2.24) is 25.3 Å². The number of aromatic nitrogens is 4. The van der Waals surface area contributed by atoms with E-state index in [4.69, 9.17) is 0 Å². The molecule has 0 bridgehead atoms. The Labute approximate surface area is 197 Å². The predicted octanol–water partition coefficient (Wildman–Crippen LogP) is 3.28. The van der Waals surface area contributed by atoms with E-state index in [1.54, 1.807) is 30.7 Å². The Morgan fingerprint density at radius 2 is 1.94 bits per heavy atom. The fourth-order valence-corrected chi connectivity index (χ4v) is 3.79. The molecule has 1 saturated carbocycles. The monoisotopic (exact) mass is 462 g/mol. The van der Waals surface area contributed by atoms with Gasteiger partial charge in [-0.25, -0.2) is 9.37 Å². The molecule has 34 heavy (non-hydrogen) atoms. The maximum Gasteiger partial charge on any atom is 0.227 e. The summed E-state index contributed by atoms with van der Waals surface area (Å²) in [5, 5.41) is 9.51. The van der Waals surface area contributed by atoms with Crippen LogP contribution in [0.25, 0.3) is 0 Å². The largest absolute Gasteiger partial charge is 0.355 e. The molecule has 1 saturated heterocycles. The number of carbonyl (C=O) groups is 1. The van der Waals surface area contributed by atoms with Gasteiger partial charge in [0.15, 0.2) is 0 Å². The van der Waals surface area contributed by atoms with Gasteiger partial charge >= 0.3 is 0 Å². The molecule has 5 rings (SSSR count). The first-order valence-corrected chi connectivity index (χ1v) is 11.5. The van der Waals surface area contributed by atoms with E-state index in [0.29, 0.717) is 42.4 Å². The lowest BCUT2D eigenvalue weighted by molar-refractivity contribution is -0.125. The molecular weight excluding hydrogens is 435 g/mol. The summed E-state index contributed by atoms with van der Waals surface area (Å²) in [5.74, 6) is 2.69. The molecule has 2 aromatic heterocycles. The van der Waals surface area contributed by atoms with Crippen LogP contribution in [0.5, 0.6) is 0 Å². The highest BCUT2D eigenvalue weighted by Crippen LogP contribution is 2.30. The van der Waals surface area contributed by atoms with Gasteiger partial charge < -0.3 is 20.9 Å². The second-order valence-electron chi connectivity index (χ2n) is 8.86. The molecule has 176 valence electrons. The molecule has 1 aliphatic carbocycles. The molecule has 1 atom stereocenters. The second kappa shape index (κ2) is 9.58. The topological polar surface area (TPSA) is 108 Å². The van der Waals surface area contributed by atoms with Gasteiger partial charge in [0.1, 0.15) is 23.3 Å². The van der Waals surface area contributed by atoms with E-state index < -0.39 is 0 Å². The fourth-order valence-electron chi connectivity index (χ4n) is 3.79. The minimum absolute atomic E-state index is 0.0420. The van der Waals surface area contributed by atoms with Crippen molar-refractivity contribution in [3.8, 4) is 0 Å². The number of carbonyl (C=O) groups excluding carboxylic acids is 1. The summed E-state index contributed by atoms with van der Waals surface area (Å²) in [6.45, 7) is 3.95. The van der Waals surface area contributed by atoms with E-state index in [-0.39, 0.29) is 23.7 Å². The van der Waals surface area contributed by atoms with Crippen molar-refractivity contribution in [2.45, 2.75) is 25.8 Å². The number of halogens is 1. The van der Waals surface area contributed by atoms with Crippen LogP contribution in [-0.4, -0.2) is 45.5 Å². The van der Waals surface area contributed by atoms with Gasteiger partial charge in [0.2, 0.25) is 11.9 Å². The second-order valence-corrected chi connectivity index (χ2v) is 8.86. The molecule has 1 aromatic carbocycles.